The Kier molecular flexibility index (Phi) is 6.78. The molecule has 0 aliphatic rings. The maximum atomic E-state index is 13.3. The first kappa shape index (κ1) is 22.1. The Hall–Kier alpha value is -3.17. The lowest BCUT2D eigenvalue weighted by molar-refractivity contribution is -0.137. The van der Waals surface area contributed by atoms with E-state index in [4.69, 9.17) is 4.74 Å². The first-order valence-corrected chi connectivity index (χ1v) is 8.82. The van der Waals surface area contributed by atoms with Crippen LogP contribution in [-0.2, 0) is 15.7 Å². The molecule has 0 spiro atoms. The van der Waals surface area contributed by atoms with Crippen LogP contribution in [-0.4, -0.2) is 34.3 Å². The van der Waals surface area contributed by atoms with Crippen LogP contribution in [0.2, 0.25) is 0 Å². The molecule has 0 bridgehead atoms. The molecule has 1 aromatic heterocycles. The van der Waals surface area contributed by atoms with Gasteiger partial charge in [0.05, 0.1) is 11.3 Å². The van der Waals surface area contributed by atoms with Crippen molar-refractivity contribution >= 4 is 11.9 Å². The highest BCUT2D eigenvalue weighted by atomic mass is 19.4. The van der Waals surface area contributed by atoms with Crippen LogP contribution in [0.4, 0.5) is 13.2 Å². The van der Waals surface area contributed by atoms with Gasteiger partial charge in [-0.1, -0.05) is 19.1 Å². The van der Waals surface area contributed by atoms with E-state index in [9.17, 15) is 27.6 Å². The third kappa shape index (κ3) is 5.21. The van der Waals surface area contributed by atoms with E-state index in [-0.39, 0.29) is 11.4 Å². The largest absolute Gasteiger partial charge is 0.448 e. The number of halogens is 3. The van der Waals surface area contributed by atoms with Gasteiger partial charge in [-0.2, -0.15) is 18.3 Å². The van der Waals surface area contributed by atoms with Crippen LogP contribution in [0.15, 0.2) is 35.1 Å². The summed E-state index contributed by atoms with van der Waals surface area (Å²) in [5, 5.41) is 6.32. The SMILES string of the molecule is CCCNC(=O)[C@@H](C)OC(=O)c1nn(-c2ccccc2C(F)(F)F)c(C)cc1=O. The Labute approximate surface area is 164 Å². The summed E-state index contributed by atoms with van der Waals surface area (Å²) in [6.45, 7) is 4.92. The molecule has 2 aromatic rings. The molecule has 1 heterocycles. The number of amides is 1. The standard InChI is InChI=1S/C19H20F3N3O4/c1-4-9-23-17(27)12(3)29-18(28)16-15(26)10-11(2)25(24-16)14-8-6-5-7-13(14)19(20,21)22/h5-8,10,12H,4,9H2,1-3H3,(H,23,27)/t12-/m1/s1. The average Bonchev–Trinajstić information content (AvgIpc) is 2.65. The number of carbonyl (C=O) groups excluding carboxylic acids is 2. The molecule has 29 heavy (non-hydrogen) atoms. The second kappa shape index (κ2) is 8.89. The van der Waals surface area contributed by atoms with Gasteiger partial charge in [-0.3, -0.25) is 9.59 Å². The lowest BCUT2D eigenvalue weighted by atomic mass is 10.1. The minimum absolute atomic E-state index is 0.0944. The van der Waals surface area contributed by atoms with Crippen LogP contribution in [0.3, 0.4) is 0 Å². The number of nitrogens with one attached hydrogen (secondary N) is 1. The number of aromatic nitrogens is 2. The van der Waals surface area contributed by atoms with E-state index < -0.39 is 40.8 Å². The minimum atomic E-state index is -4.67. The van der Waals surface area contributed by atoms with E-state index in [2.05, 4.69) is 10.4 Å². The lowest BCUT2D eigenvalue weighted by Gasteiger charge is -2.17. The normalized spacial score (nSPS) is 12.3. The van der Waals surface area contributed by atoms with E-state index in [0.29, 0.717) is 13.0 Å². The zero-order valence-corrected chi connectivity index (χ0v) is 16.0. The van der Waals surface area contributed by atoms with Gasteiger partial charge in [-0.25, -0.2) is 9.48 Å². The first-order valence-electron chi connectivity index (χ1n) is 8.82. The monoisotopic (exact) mass is 411 g/mol. The van der Waals surface area contributed by atoms with Crippen molar-refractivity contribution in [2.24, 2.45) is 0 Å². The lowest BCUT2D eigenvalue weighted by Crippen LogP contribution is -2.37. The van der Waals surface area contributed by atoms with Gasteiger partial charge in [0, 0.05) is 18.3 Å². The third-order valence-corrected chi connectivity index (χ3v) is 3.94. The molecule has 0 saturated carbocycles. The van der Waals surface area contributed by atoms with Crippen molar-refractivity contribution in [1.29, 1.82) is 0 Å². The van der Waals surface area contributed by atoms with E-state index in [0.717, 1.165) is 16.8 Å². The molecule has 0 aliphatic heterocycles. The highest BCUT2D eigenvalue weighted by molar-refractivity contribution is 5.90. The minimum Gasteiger partial charge on any atom is -0.448 e. The Balaban J connectivity index is 2.42. The number of carbonyl (C=O) groups is 2. The molecule has 10 heteroatoms. The number of esters is 1. The summed E-state index contributed by atoms with van der Waals surface area (Å²) in [6.07, 6.45) is -5.19. The van der Waals surface area contributed by atoms with Gasteiger partial charge in [0.2, 0.25) is 11.1 Å². The number of benzene rings is 1. The molecule has 0 aliphatic carbocycles. The fourth-order valence-corrected chi connectivity index (χ4v) is 2.49. The van der Waals surface area contributed by atoms with Crippen LogP contribution in [0.25, 0.3) is 5.69 Å². The molecule has 0 fully saturated rings. The second-order valence-corrected chi connectivity index (χ2v) is 6.26. The topological polar surface area (TPSA) is 90.3 Å². The molecule has 0 saturated heterocycles. The summed E-state index contributed by atoms with van der Waals surface area (Å²) >= 11 is 0. The van der Waals surface area contributed by atoms with Crippen LogP contribution in [0, 0.1) is 6.92 Å². The number of nitrogens with zero attached hydrogens (tertiary/aromatic N) is 2. The summed E-state index contributed by atoms with van der Waals surface area (Å²) < 4.78 is 45.8. The Bertz CT molecular complexity index is 970. The quantitative estimate of drug-likeness (QED) is 0.738. The number of alkyl halides is 3. The summed E-state index contributed by atoms with van der Waals surface area (Å²) in [6, 6.07) is 5.62. The van der Waals surface area contributed by atoms with E-state index in [1.54, 1.807) is 0 Å². The molecule has 1 aromatic carbocycles. The van der Waals surface area contributed by atoms with Crippen molar-refractivity contribution in [2.75, 3.05) is 6.54 Å². The van der Waals surface area contributed by atoms with Crippen molar-refractivity contribution in [2.45, 2.75) is 39.5 Å². The Morgan fingerprint density at radius 1 is 1.28 bits per heavy atom. The average molecular weight is 411 g/mol. The van der Waals surface area contributed by atoms with Crippen LogP contribution < -0.4 is 10.7 Å². The zero-order chi connectivity index (χ0) is 21.8. The van der Waals surface area contributed by atoms with Gasteiger partial charge in [0.25, 0.3) is 5.91 Å². The maximum Gasteiger partial charge on any atom is 0.418 e. The third-order valence-electron chi connectivity index (χ3n) is 3.94. The van der Waals surface area contributed by atoms with Crippen molar-refractivity contribution in [1.82, 2.24) is 15.1 Å². The molecular weight excluding hydrogens is 391 g/mol. The fourth-order valence-electron chi connectivity index (χ4n) is 2.49. The van der Waals surface area contributed by atoms with E-state index in [1.807, 2.05) is 6.92 Å². The summed E-state index contributed by atoms with van der Waals surface area (Å²) in [4.78, 5) is 36.3. The van der Waals surface area contributed by atoms with Gasteiger partial charge in [-0.15, -0.1) is 0 Å². The van der Waals surface area contributed by atoms with Gasteiger partial charge >= 0.3 is 12.1 Å². The van der Waals surface area contributed by atoms with Crippen molar-refractivity contribution in [3.05, 3.63) is 57.5 Å². The highest BCUT2D eigenvalue weighted by Gasteiger charge is 2.34. The van der Waals surface area contributed by atoms with Crippen molar-refractivity contribution in [3.8, 4) is 5.69 Å². The molecular formula is C19H20F3N3O4. The number of para-hydroxylation sites is 1. The van der Waals surface area contributed by atoms with Crippen LogP contribution >= 0.6 is 0 Å². The Morgan fingerprint density at radius 2 is 1.93 bits per heavy atom. The first-order chi connectivity index (χ1) is 13.6. The van der Waals surface area contributed by atoms with Gasteiger partial charge in [0.15, 0.2) is 6.10 Å². The molecule has 1 amide bonds. The smallest absolute Gasteiger partial charge is 0.418 e. The van der Waals surface area contributed by atoms with Crippen LogP contribution in [0.1, 0.15) is 42.0 Å². The van der Waals surface area contributed by atoms with Crippen LogP contribution in [0.5, 0.6) is 0 Å². The van der Waals surface area contributed by atoms with Gasteiger partial charge in [-0.05, 0) is 32.4 Å². The Morgan fingerprint density at radius 3 is 2.55 bits per heavy atom. The molecule has 156 valence electrons. The number of hydrogen-bond donors (Lipinski definition) is 1. The van der Waals surface area contributed by atoms with Crippen molar-refractivity contribution < 1.29 is 27.5 Å². The van der Waals surface area contributed by atoms with Gasteiger partial charge in [0.1, 0.15) is 0 Å². The highest BCUT2D eigenvalue weighted by Crippen LogP contribution is 2.33. The molecule has 0 unspecified atom stereocenters. The van der Waals surface area contributed by atoms with Gasteiger partial charge < -0.3 is 10.1 Å². The summed E-state index contributed by atoms with van der Waals surface area (Å²) in [5.41, 5.74) is -2.78. The van der Waals surface area contributed by atoms with Crippen molar-refractivity contribution in [3.63, 3.8) is 0 Å². The molecule has 0 radical (unpaired) electrons. The molecule has 2 rings (SSSR count). The fraction of sp³-hybridized carbons (Fsp3) is 0.368. The summed E-state index contributed by atoms with van der Waals surface area (Å²) in [5.74, 6) is -1.76. The second-order valence-electron chi connectivity index (χ2n) is 6.26. The van der Waals surface area contributed by atoms with E-state index >= 15 is 0 Å². The number of hydrogen-bond acceptors (Lipinski definition) is 5. The number of aryl methyl sites for hydroxylation is 1. The maximum absolute atomic E-state index is 13.3. The molecule has 7 nitrogen and oxygen atoms in total. The molecule has 1 N–H and O–H groups in total. The zero-order valence-electron chi connectivity index (χ0n) is 16.0. The predicted octanol–water partition coefficient (Wildman–Crippen LogP) is 2.63. The summed E-state index contributed by atoms with van der Waals surface area (Å²) in [7, 11) is 0. The molecule has 1 atom stereocenters. The predicted molar refractivity (Wildman–Crippen MR) is 97.8 cm³/mol. The number of ether oxygens (including phenoxy) is 1. The van der Waals surface area contributed by atoms with E-state index in [1.165, 1.54) is 32.0 Å². The number of rotatable bonds is 6.